The first-order chi connectivity index (χ1) is 6.59. The van der Waals surface area contributed by atoms with Crippen LogP contribution >= 0.6 is 0 Å². The quantitative estimate of drug-likeness (QED) is 0.517. The average molecular weight is 199 g/mol. The van der Waals surface area contributed by atoms with Gasteiger partial charge < -0.3 is 16.2 Å². The van der Waals surface area contributed by atoms with Gasteiger partial charge in [0.1, 0.15) is 6.10 Å². The molecule has 14 heavy (non-hydrogen) atoms. The Balaban J connectivity index is 2.09. The molecule has 0 bridgehead atoms. The molecule has 1 saturated carbocycles. The fourth-order valence-corrected chi connectivity index (χ4v) is 1.00. The van der Waals surface area contributed by atoms with Gasteiger partial charge in [-0.05, 0) is 19.3 Å². The number of hydrogen-bond acceptors (Lipinski definition) is 3. The molecule has 1 aliphatic rings. The highest BCUT2D eigenvalue weighted by molar-refractivity contribution is 5.82. The Labute approximate surface area is 82.7 Å². The van der Waals surface area contributed by atoms with Gasteiger partial charge in [0.2, 0.25) is 11.8 Å². The van der Waals surface area contributed by atoms with E-state index in [1.165, 1.54) is 6.42 Å². The van der Waals surface area contributed by atoms with E-state index in [4.69, 9.17) is 5.73 Å². The molecule has 1 unspecified atom stereocenters. The highest BCUT2D eigenvalue weighted by Crippen LogP contribution is 2.18. The smallest absolute Gasteiger partial charge is 0.249 e. The summed E-state index contributed by atoms with van der Waals surface area (Å²) < 4.78 is 0. The van der Waals surface area contributed by atoms with Gasteiger partial charge in [0, 0.05) is 18.9 Å². The fraction of sp³-hybridized carbons (Fsp3) is 0.667. The van der Waals surface area contributed by atoms with Gasteiger partial charge in [-0.2, -0.15) is 0 Å². The number of nitrogens with one attached hydrogen (secondary N) is 1. The molecular formula is C9H15N2O3. The van der Waals surface area contributed by atoms with Gasteiger partial charge in [-0.3, -0.25) is 9.59 Å². The van der Waals surface area contributed by atoms with Crippen molar-refractivity contribution in [3.05, 3.63) is 6.42 Å². The molecule has 0 aromatic carbocycles. The third-order valence-electron chi connectivity index (χ3n) is 1.97. The van der Waals surface area contributed by atoms with Crippen molar-refractivity contribution >= 4 is 11.8 Å². The van der Waals surface area contributed by atoms with Crippen LogP contribution in [-0.2, 0) is 9.59 Å². The number of primary amides is 1. The second-order valence-corrected chi connectivity index (χ2v) is 3.47. The lowest BCUT2D eigenvalue weighted by atomic mass is 10.1. The molecule has 0 heterocycles. The van der Waals surface area contributed by atoms with Gasteiger partial charge in [0.15, 0.2) is 0 Å². The molecule has 0 spiro atoms. The first-order valence-corrected chi connectivity index (χ1v) is 4.69. The molecular weight excluding hydrogens is 184 g/mol. The molecule has 79 valence electrons. The first kappa shape index (κ1) is 11.0. The lowest BCUT2D eigenvalue weighted by Gasteiger charge is -2.09. The second kappa shape index (κ2) is 4.95. The molecule has 5 heteroatoms. The van der Waals surface area contributed by atoms with Crippen molar-refractivity contribution in [2.75, 3.05) is 0 Å². The number of aliphatic hydroxyl groups excluding tert-OH is 1. The molecule has 0 saturated heterocycles. The van der Waals surface area contributed by atoms with Crippen LogP contribution in [-0.4, -0.2) is 29.1 Å². The lowest BCUT2D eigenvalue weighted by molar-refractivity contribution is -0.128. The van der Waals surface area contributed by atoms with E-state index in [1.807, 2.05) is 0 Å². The highest BCUT2D eigenvalue weighted by Gasteiger charge is 2.26. The van der Waals surface area contributed by atoms with Crippen LogP contribution in [0.4, 0.5) is 0 Å². The van der Waals surface area contributed by atoms with E-state index >= 15 is 0 Å². The van der Waals surface area contributed by atoms with Crippen LogP contribution in [0.25, 0.3) is 0 Å². The number of rotatable bonds is 6. The summed E-state index contributed by atoms with van der Waals surface area (Å²) >= 11 is 0. The van der Waals surface area contributed by atoms with Crippen molar-refractivity contribution in [3.8, 4) is 0 Å². The molecule has 5 nitrogen and oxygen atoms in total. The minimum atomic E-state index is -1.13. The minimum Gasteiger partial charge on any atom is -0.383 e. The van der Waals surface area contributed by atoms with Crippen LogP contribution in [0.3, 0.4) is 0 Å². The van der Waals surface area contributed by atoms with Crippen molar-refractivity contribution in [1.29, 1.82) is 0 Å². The third kappa shape index (κ3) is 4.23. The molecule has 4 N–H and O–H groups in total. The Morgan fingerprint density at radius 2 is 2.21 bits per heavy atom. The maximum absolute atomic E-state index is 11.2. The van der Waals surface area contributed by atoms with Gasteiger partial charge >= 0.3 is 0 Å². The summed E-state index contributed by atoms with van der Waals surface area (Å²) in [5, 5.41) is 11.9. The molecule has 1 aliphatic carbocycles. The van der Waals surface area contributed by atoms with Crippen LogP contribution < -0.4 is 11.1 Å². The van der Waals surface area contributed by atoms with E-state index in [0.29, 0.717) is 6.42 Å². The average Bonchev–Trinajstić information content (AvgIpc) is 2.87. The molecule has 2 amide bonds. The molecule has 0 aromatic heterocycles. The Morgan fingerprint density at radius 1 is 1.57 bits per heavy atom. The third-order valence-corrected chi connectivity index (χ3v) is 1.97. The summed E-state index contributed by atoms with van der Waals surface area (Å²) in [5.41, 5.74) is 4.90. The van der Waals surface area contributed by atoms with Crippen molar-refractivity contribution in [1.82, 2.24) is 5.32 Å². The van der Waals surface area contributed by atoms with E-state index in [9.17, 15) is 14.7 Å². The highest BCUT2D eigenvalue weighted by atomic mass is 16.3. The number of hydrogen-bond donors (Lipinski definition) is 3. The van der Waals surface area contributed by atoms with E-state index in [0.717, 1.165) is 12.8 Å². The summed E-state index contributed by atoms with van der Waals surface area (Å²) in [6.45, 7) is 0. The van der Waals surface area contributed by atoms with Crippen molar-refractivity contribution in [3.63, 3.8) is 0 Å². The minimum absolute atomic E-state index is 0.160. The molecule has 0 aliphatic heterocycles. The SMILES string of the molecule is NC(=O)CC[CH]C(O)C(=O)NC1CC1. The summed E-state index contributed by atoms with van der Waals surface area (Å²) in [6.07, 6.45) is 2.72. The number of carbonyl (C=O) groups is 2. The number of carbonyl (C=O) groups excluding carboxylic acids is 2. The maximum Gasteiger partial charge on any atom is 0.249 e. The van der Waals surface area contributed by atoms with Crippen LogP contribution in [0.15, 0.2) is 0 Å². The van der Waals surface area contributed by atoms with Crippen molar-refractivity contribution < 1.29 is 14.7 Å². The predicted octanol–water partition coefficient (Wildman–Crippen LogP) is -0.904. The Hall–Kier alpha value is -1.10. The monoisotopic (exact) mass is 199 g/mol. The Kier molecular flexibility index (Phi) is 3.88. The Morgan fingerprint density at radius 3 is 2.71 bits per heavy atom. The zero-order chi connectivity index (χ0) is 10.6. The van der Waals surface area contributed by atoms with Crippen molar-refractivity contribution in [2.45, 2.75) is 37.8 Å². The van der Waals surface area contributed by atoms with Gasteiger partial charge in [-0.1, -0.05) is 0 Å². The molecule has 1 atom stereocenters. The van der Waals surface area contributed by atoms with Crippen LogP contribution in [0.1, 0.15) is 25.7 Å². The largest absolute Gasteiger partial charge is 0.383 e. The van der Waals surface area contributed by atoms with Gasteiger partial charge in [-0.25, -0.2) is 0 Å². The molecule has 1 rings (SSSR count). The topological polar surface area (TPSA) is 92.4 Å². The zero-order valence-corrected chi connectivity index (χ0v) is 7.90. The predicted molar refractivity (Wildman–Crippen MR) is 49.9 cm³/mol. The van der Waals surface area contributed by atoms with E-state index in [1.54, 1.807) is 0 Å². The van der Waals surface area contributed by atoms with Crippen LogP contribution in [0.2, 0.25) is 0 Å². The molecule has 1 fully saturated rings. The van der Waals surface area contributed by atoms with E-state index in [2.05, 4.69) is 5.32 Å². The van der Waals surface area contributed by atoms with E-state index in [-0.39, 0.29) is 12.5 Å². The standard InChI is InChI=1S/C9H15N2O3/c10-8(13)3-1-2-7(12)9(14)11-6-4-5-6/h2,6-7,12H,1,3-5H2,(H2,10,13)(H,11,14). The van der Waals surface area contributed by atoms with Crippen molar-refractivity contribution in [2.24, 2.45) is 5.73 Å². The zero-order valence-electron chi connectivity index (χ0n) is 7.90. The summed E-state index contributed by atoms with van der Waals surface area (Å²) in [4.78, 5) is 21.5. The lowest BCUT2D eigenvalue weighted by Crippen LogP contribution is -2.36. The van der Waals surface area contributed by atoms with Gasteiger partial charge in [-0.15, -0.1) is 0 Å². The number of amides is 2. The number of nitrogens with two attached hydrogens (primary N) is 1. The molecule has 1 radical (unpaired) electrons. The van der Waals surface area contributed by atoms with Gasteiger partial charge in [0.05, 0.1) is 0 Å². The fourth-order valence-electron chi connectivity index (χ4n) is 1.00. The Bertz CT molecular complexity index is 226. The first-order valence-electron chi connectivity index (χ1n) is 4.69. The summed E-state index contributed by atoms with van der Waals surface area (Å²) in [7, 11) is 0. The van der Waals surface area contributed by atoms with Crippen LogP contribution in [0.5, 0.6) is 0 Å². The number of aliphatic hydroxyl groups is 1. The van der Waals surface area contributed by atoms with Gasteiger partial charge in [0.25, 0.3) is 0 Å². The summed E-state index contributed by atoms with van der Waals surface area (Å²) in [5.74, 6) is -0.826. The molecule has 0 aromatic rings. The van der Waals surface area contributed by atoms with E-state index < -0.39 is 17.9 Å². The maximum atomic E-state index is 11.2. The second-order valence-electron chi connectivity index (χ2n) is 3.47. The summed E-state index contributed by atoms with van der Waals surface area (Å²) in [6, 6.07) is 0.238. The van der Waals surface area contributed by atoms with Crippen LogP contribution in [0, 0.1) is 6.42 Å². The normalized spacial score (nSPS) is 17.5.